The molecule has 1 aromatic carbocycles. The summed E-state index contributed by atoms with van der Waals surface area (Å²) in [6, 6.07) is 4.36. The number of carboxylic acid groups (broad SMARTS) is 1. The monoisotopic (exact) mass is 292 g/mol. The van der Waals surface area contributed by atoms with E-state index in [0.29, 0.717) is 11.8 Å². The van der Waals surface area contributed by atoms with E-state index in [4.69, 9.17) is 5.11 Å². The van der Waals surface area contributed by atoms with Gasteiger partial charge in [-0.1, -0.05) is 13.8 Å². The molecule has 1 heterocycles. The Bertz CT molecular complexity index is 549. The van der Waals surface area contributed by atoms with E-state index < -0.39 is 10.9 Å². The molecular weight excluding hydrogens is 272 g/mol. The molecule has 114 valence electrons. The first-order valence-electron chi connectivity index (χ1n) is 7.17. The van der Waals surface area contributed by atoms with Crippen molar-refractivity contribution in [1.82, 2.24) is 0 Å². The van der Waals surface area contributed by atoms with Crippen LogP contribution in [0.4, 0.5) is 11.4 Å². The summed E-state index contributed by atoms with van der Waals surface area (Å²) in [5.74, 6) is 0.0668. The summed E-state index contributed by atoms with van der Waals surface area (Å²) in [4.78, 5) is 23.5. The smallest absolute Gasteiger partial charge is 0.342 e. The highest BCUT2D eigenvalue weighted by atomic mass is 16.6. The van der Waals surface area contributed by atoms with Crippen molar-refractivity contribution >= 4 is 17.3 Å². The van der Waals surface area contributed by atoms with Gasteiger partial charge < -0.3 is 10.0 Å². The molecule has 1 aliphatic rings. The first-order chi connectivity index (χ1) is 9.90. The molecule has 1 aromatic rings. The van der Waals surface area contributed by atoms with Gasteiger partial charge in [0.25, 0.3) is 5.69 Å². The topological polar surface area (TPSA) is 83.7 Å². The van der Waals surface area contributed by atoms with Crippen molar-refractivity contribution in [2.45, 2.75) is 26.7 Å². The summed E-state index contributed by atoms with van der Waals surface area (Å²) in [7, 11) is 0. The second-order valence-electron chi connectivity index (χ2n) is 5.83. The van der Waals surface area contributed by atoms with Gasteiger partial charge in [0, 0.05) is 24.8 Å². The van der Waals surface area contributed by atoms with Crippen molar-refractivity contribution in [3.63, 3.8) is 0 Å². The third kappa shape index (κ3) is 3.32. The Balaban J connectivity index is 2.20. The normalized spacial score (nSPS) is 16.2. The van der Waals surface area contributed by atoms with Crippen molar-refractivity contribution in [2.75, 3.05) is 18.0 Å². The molecule has 6 heteroatoms. The molecule has 0 bridgehead atoms. The summed E-state index contributed by atoms with van der Waals surface area (Å²) in [6.07, 6.45) is 2.12. The van der Waals surface area contributed by atoms with Gasteiger partial charge in [-0.15, -0.1) is 0 Å². The SMILES string of the molecule is CC(C)C1CCN(c2ccc(C(=O)O)c([N+](=O)[O-])c2)CC1. The van der Waals surface area contributed by atoms with Crippen molar-refractivity contribution in [3.05, 3.63) is 33.9 Å². The molecule has 1 fully saturated rings. The largest absolute Gasteiger partial charge is 0.477 e. The lowest BCUT2D eigenvalue weighted by Crippen LogP contribution is -2.35. The van der Waals surface area contributed by atoms with Crippen LogP contribution in [0.2, 0.25) is 0 Å². The maximum atomic E-state index is 11.0. The van der Waals surface area contributed by atoms with E-state index in [1.54, 1.807) is 6.07 Å². The minimum atomic E-state index is -1.27. The Morgan fingerprint density at radius 2 is 2.00 bits per heavy atom. The Morgan fingerprint density at radius 1 is 1.38 bits per heavy atom. The molecule has 1 saturated heterocycles. The van der Waals surface area contributed by atoms with Gasteiger partial charge in [-0.05, 0) is 36.8 Å². The third-order valence-electron chi connectivity index (χ3n) is 4.26. The summed E-state index contributed by atoms with van der Waals surface area (Å²) in [5, 5.41) is 20.0. The van der Waals surface area contributed by atoms with Crippen LogP contribution >= 0.6 is 0 Å². The fraction of sp³-hybridized carbons (Fsp3) is 0.533. The summed E-state index contributed by atoms with van der Waals surface area (Å²) in [5.41, 5.74) is 0.126. The van der Waals surface area contributed by atoms with Crippen LogP contribution < -0.4 is 4.90 Å². The first-order valence-corrected chi connectivity index (χ1v) is 7.17. The average Bonchev–Trinajstić information content (AvgIpc) is 2.46. The highest BCUT2D eigenvalue weighted by Gasteiger charge is 2.25. The van der Waals surface area contributed by atoms with Crippen LogP contribution in [0.5, 0.6) is 0 Å². The summed E-state index contributed by atoms with van der Waals surface area (Å²) < 4.78 is 0. The zero-order valence-electron chi connectivity index (χ0n) is 12.3. The Kier molecular flexibility index (Phi) is 4.45. The molecule has 1 aliphatic heterocycles. The number of piperidine rings is 1. The van der Waals surface area contributed by atoms with Gasteiger partial charge in [-0.2, -0.15) is 0 Å². The Hall–Kier alpha value is -2.11. The second-order valence-corrected chi connectivity index (χ2v) is 5.83. The minimum Gasteiger partial charge on any atom is -0.477 e. The van der Waals surface area contributed by atoms with Gasteiger partial charge in [0.15, 0.2) is 0 Å². The molecule has 0 spiro atoms. The van der Waals surface area contributed by atoms with Gasteiger partial charge in [0.2, 0.25) is 0 Å². The van der Waals surface area contributed by atoms with E-state index in [0.717, 1.165) is 31.6 Å². The van der Waals surface area contributed by atoms with E-state index in [2.05, 4.69) is 18.7 Å². The highest BCUT2D eigenvalue weighted by Crippen LogP contribution is 2.31. The van der Waals surface area contributed by atoms with E-state index in [9.17, 15) is 14.9 Å². The maximum absolute atomic E-state index is 11.0. The number of nitro benzene ring substituents is 1. The number of aromatic carboxylic acids is 1. The van der Waals surface area contributed by atoms with Crippen LogP contribution in [0.25, 0.3) is 0 Å². The van der Waals surface area contributed by atoms with Crippen molar-refractivity contribution in [1.29, 1.82) is 0 Å². The average molecular weight is 292 g/mol. The predicted molar refractivity (Wildman–Crippen MR) is 79.8 cm³/mol. The number of carboxylic acids is 1. The van der Waals surface area contributed by atoms with E-state index in [1.165, 1.54) is 12.1 Å². The fourth-order valence-corrected chi connectivity index (χ4v) is 2.87. The summed E-state index contributed by atoms with van der Waals surface area (Å²) in [6.45, 7) is 6.14. The number of benzene rings is 1. The maximum Gasteiger partial charge on any atom is 0.342 e. The lowest BCUT2D eigenvalue weighted by atomic mass is 9.86. The molecule has 1 N–H and O–H groups in total. The number of carbonyl (C=O) groups is 1. The van der Waals surface area contributed by atoms with Gasteiger partial charge >= 0.3 is 5.97 Å². The fourth-order valence-electron chi connectivity index (χ4n) is 2.87. The van der Waals surface area contributed by atoms with Crippen LogP contribution in [0.3, 0.4) is 0 Å². The minimum absolute atomic E-state index is 0.263. The van der Waals surface area contributed by atoms with Gasteiger partial charge in [0.1, 0.15) is 5.56 Å². The predicted octanol–water partition coefficient (Wildman–Crippen LogP) is 3.17. The second kappa shape index (κ2) is 6.11. The molecule has 0 atom stereocenters. The molecule has 6 nitrogen and oxygen atoms in total. The van der Waals surface area contributed by atoms with Crippen molar-refractivity contribution in [3.8, 4) is 0 Å². The number of nitro groups is 1. The Labute approximate surface area is 123 Å². The number of hydrogen-bond acceptors (Lipinski definition) is 4. The van der Waals surface area contributed by atoms with E-state index in [-0.39, 0.29) is 11.3 Å². The quantitative estimate of drug-likeness (QED) is 0.680. The van der Waals surface area contributed by atoms with E-state index in [1.807, 2.05) is 0 Å². The standard InChI is InChI=1S/C15H20N2O4/c1-10(2)11-5-7-16(8-6-11)12-3-4-13(15(18)19)14(9-12)17(20)21/h3-4,9-11H,5-8H2,1-2H3,(H,18,19). The number of rotatable bonds is 4. The molecular formula is C15H20N2O4. The first kappa shape index (κ1) is 15.3. The van der Waals surface area contributed by atoms with E-state index >= 15 is 0 Å². The summed E-state index contributed by atoms with van der Waals surface area (Å²) >= 11 is 0. The number of anilines is 1. The molecule has 0 aliphatic carbocycles. The third-order valence-corrected chi connectivity index (χ3v) is 4.26. The molecule has 0 radical (unpaired) electrons. The van der Waals surface area contributed by atoms with Crippen LogP contribution in [0.15, 0.2) is 18.2 Å². The van der Waals surface area contributed by atoms with Crippen LogP contribution in [0.1, 0.15) is 37.0 Å². The molecule has 21 heavy (non-hydrogen) atoms. The van der Waals surface area contributed by atoms with Gasteiger partial charge in [-0.3, -0.25) is 10.1 Å². The molecule has 0 unspecified atom stereocenters. The molecule has 0 aromatic heterocycles. The number of hydrogen-bond donors (Lipinski definition) is 1. The lowest BCUT2D eigenvalue weighted by Gasteiger charge is -2.35. The number of nitrogens with zero attached hydrogens (tertiary/aromatic N) is 2. The zero-order chi connectivity index (χ0) is 15.6. The zero-order valence-corrected chi connectivity index (χ0v) is 12.3. The highest BCUT2D eigenvalue weighted by molar-refractivity contribution is 5.93. The van der Waals surface area contributed by atoms with Crippen molar-refractivity contribution in [2.24, 2.45) is 11.8 Å². The van der Waals surface area contributed by atoms with Gasteiger partial charge in [-0.25, -0.2) is 4.79 Å². The van der Waals surface area contributed by atoms with Crippen LogP contribution in [-0.2, 0) is 0 Å². The lowest BCUT2D eigenvalue weighted by molar-refractivity contribution is -0.385. The molecule has 2 rings (SSSR count). The van der Waals surface area contributed by atoms with Gasteiger partial charge in [0.05, 0.1) is 4.92 Å². The van der Waals surface area contributed by atoms with Crippen LogP contribution in [-0.4, -0.2) is 29.1 Å². The molecule has 0 amide bonds. The Morgan fingerprint density at radius 3 is 2.48 bits per heavy atom. The van der Waals surface area contributed by atoms with Crippen molar-refractivity contribution < 1.29 is 14.8 Å². The van der Waals surface area contributed by atoms with Crippen LogP contribution in [0, 0.1) is 22.0 Å². The molecule has 0 saturated carbocycles.